The number of pyridine rings is 1. The van der Waals surface area contributed by atoms with E-state index in [0.717, 1.165) is 61.5 Å². The van der Waals surface area contributed by atoms with Gasteiger partial charge in [0.25, 0.3) is 0 Å². The Labute approximate surface area is 141 Å². The van der Waals surface area contributed by atoms with E-state index in [1.165, 1.54) is 0 Å². The first-order chi connectivity index (χ1) is 11.8. The van der Waals surface area contributed by atoms with E-state index in [2.05, 4.69) is 39.5 Å². The maximum absolute atomic E-state index is 4.67. The molecule has 3 rings (SSSR count). The lowest BCUT2D eigenvalue weighted by atomic mass is 10.2. The molecule has 0 radical (unpaired) electrons. The number of unbranched alkanes of at least 4 members (excludes halogenated alkanes) is 2. The van der Waals surface area contributed by atoms with Crippen LogP contribution in [0.1, 0.15) is 39.5 Å². The lowest BCUT2D eigenvalue weighted by Crippen LogP contribution is -1.97. The lowest BCUT2D eigenvalue weighted by molar-refractivity contribution is 0.553. The van der Waals surface area contributed by atoms with Gasteiger partial charge in [0.15, 0.2) is 0 Å². The smallest absolute Gasteiger partial charge is 0.131 e. The van der Waals surface area contributed by atoms with Gasteiger partial charge in [0.05, 0.1) is 23.8 Å². The minimum absolute atomic E-state index is 0.784. The van der Waals surface area contributed by atoms with Gasteiger partial charge in [0, 0.05) is 13.1 Å². The second-order valence-electron chi connectivity index (χ2n) is 5.85. The predicted octanol–water partition coefficient (Wildman–Crippen LogP) is 3.20. The molecule has 3 aromatic heterocycles. The highest BCUT2D eigenvalue weighted by molar-refractivity contribution is 5.60. The first-order valence-electron chi connectivity index (χ1n) is 8.58. The Morgan fingerprint density at radius 1 is 0.750 bits per heavy atom. The van der Waals surface area contributed by atoms with Gasteiger partial charge in [-0.15, -0.1) is 10.2 Å². The molecule has 0 aliphatic rings. The molecule has 0 unspecified atom stereocenters. The molecule has 0 bridgehead atoms. The maximum atomic E-state index is 4.67. The monoisotopic (exact) mass is 325 g/mol. The Balaban J connectivity index is 1.78. The third-order valence-corrected chi connectivity index (χ3v) is 3.83. The van der Waals surface area contributed by atoms with Crippen LogP contribution in [0.4, 0.5) is 0 Å². The number of hydrogen-bond acceptors (Lipinski definition) is 5. The molecule has 0 aromatic carbocycles. The molecular weight excluding hydrogens is 302 g/mol. The van der Waals surface area contributed by atoms with Crippen molar-refractivity contribution in [3.8, 4) is 22.8 Å². The molecule has 7 nitrogen and oxygen atoms in total. The van der Waals surface area contributed by atoms with E-state index in [-0.39, 0.29) is 0 Å². The molecule has 126 valence electrons. The molecule has 7 heteroatoms. The number of nitrogens with zero attached hydrogens (tertiary/aromatic N) is 7. The van der Waals surface area contributed by atoms with Crippen LogP contribution < -0.4 is 0 Å². The summed E-state index contributed by atoms with van der Waals surface area (Å²) in [5.74, 6) is 0. The van der Waals surface area contributed by atoms with Crippen molar-refractivity contribution in [1.82, 2.24) is 35.0 Å². The first kappa shape index (κ1) is 16.3. The Bertz CT molecular complexity index is 713. The van der Waals surface area contributed by atoms with Crippen LogP contribution in [-0.2, 0) is 13.1 Å². The topological polar surface area (TPSA) is 74.3 Å². The highest BCUT2D eigenvalue weighted by Gasteiger charge is 2.10. The van der Waals surface area contributed by atoms with Crippen LogP contribution in [0.3, 0.4) is 0 Å². The van der Waals surface area contributed by atoms with Crippen LogP contribution in [0, 0.1) is 0 Å². The molecule has 24 heavy (non-hydrogen) atoms. The van der Waals surface area contributed by atoms with Gasteiger partial charge in [0.2, 0.25) is 0 Å². The number of hydrogen-bond donors (Lipinski definition) is 0. The van der Waals surface area contributed by atoms with Crippen molar-refractivity contribution >= 4 is 0 Å². The second kappa shape index (κ2) is 7.81. The third kappa shape index (κ3) is 3.84. The number of rotatable bonds is 8. The van der Waals surface area contributed by atoms with E-state index in [4.69, 9.17) is 0 Å². The van der Waals surface area contributed by atoms with E-state index in [1.807, 2.05) is 40.0 Å². The van der Waals surface area contributed by atoms with Crippen LogP contribution in [0.25, 0.3) is 22.8 Å². The average molecular weight is 325 g/mol. The Kier molecular flexibility index (Phi) is 5.30. The van der Waals surface area contributed by atoms with Crippen molar-refractivity contribution in [2.24, 2.45) is 0 Å². The van der Waals surface area contributed by atoms with Crippen LogP contribution in [-0.4, -0.2) is 35.0 Å². The average Bonchev–Trinajstić information content (AvgIpc) is 3.28. The normalized spacial score (nSPS) is 11.1. The summed E-state index contributed by atoms with van der Waals surface area (Å²) >= 11 is 0. The summed E-state index contributed by atoms with van der Waals surface area (Å²) in [4.78, 5) is 4.67. The van der Waals surface area contributed by atoms with E-state index < -0.39 is 0 Å². The van der Waals surface area contributed by atoms with Crippen molar-refractivity contribution in [2.45, 2.75) is 52.6 Å². The first-order valence-corrected chi connectivity index (χ1v) is 8.58. The Morgan fingerprint density at radius 2 is 1.25 bits per heavy atom. The minimum Gasteiger partial charge on any atom is -0.252 e. The van der Waals surface area contributed by atoms with Crippen molar-refractivity contribution in [1.29, 1.82) is 0 Å². The zero-order valence-electron chi connectivity index (χ0n) is 14.3. The Morgan fingerprint density at radius 3 is 1.71 bits per heavy atom. The summed E-state index contributed by atoms with van der Waals surface area (Å²) in [6, 6.07) is 5.85. The highest BCUT2D eigenvalue weighted by Crippen LogP contribution is 2.19. The largest absolute Gasteiger partial charge is 0.252 e. The molecule has 0 spiro atoms. The maximum Gasteiger partial charge on any atom is 0.131 e. The summed E-state index contributed by atoms with van der Waals surface area (Å²) in [5, 5.41) is 16.8. The molecule has 0 fully saturated rings. The van der Waals surface area contributed by atoms with Crippen LogP contribution in [0.2, 0.25) is 0 Å². The van der Waals surface area contributed by atoms with Gasteiger partial charge in [-0.1, -0.05) is 43.2 Å². The van der Waals surface area contributed by atoms with Gasteiger partial charge < -0.3 is 0 Å². The molecule has 0 aliphatic heterocycles. The quantitative estimate of drug-likeness (QED) is 0.636. The summed E-state index contributed by atoms with van der Waals surface area (Å²) < 4.78 is 3.74. The van der Waals surface area contributed by atoms with E-state index >= 15 is 0 Å². The van der Waals surface area contributed by atoms with E-state index in [9.17, 15) is 0 Å². The molecule has 0 N–H and O–H groups in total. The number of aryl methyl sites for hydroxylation is 2. The zero-order chi connectivity index (χ0) is 16.8. The Hall–Kier alpha value is -2.57. The van der Waals surface area contributed by atoms with Crippen LogP contribution >= 0.6 is 0 Å². The predicted molar refractivity (Wildman–Crippen MR) is 92.1 cm³/mol. The summed E-state index contributed by atoms with van der Waals surface area (Å²) in [5.41, 5.74) is 3.18. The van der Waals surface area contributed by atoms with Gasteiger partial charge in [-0.25, -0.2) is 4.98 Å². The van der Waals surface area contributed by atoms with Crippen molar-refractivity contribution < 1.29 is 0 Å². The van der Waals surface area contributed by atoms with Gasteiger partial charge in [-0.2, -0.15) is 0 Å². The van der Waals surface area contributed by atoms with Crippen molar-refractivity contribution in [2.75, 3.05) is 0 Å². The van der Waals surface area contributed by atoms with E-state index in [1.54, 1.807) is 0 Å². The minimum atomic E-state index is 0.784. The van der Waals surface area contributed by atoms with Crippen LogP contribution in [0.5, 0.6) is 0 Å². The summed E-state index contributed by atoms with van der Waals surface area (Å²) in [6.45, 7) is 6.09. The molecule has 0 atom stereocenters. The molecular formula is C17H23N7. The van der Waals surface area contributed by atoms with Gasteiger partial charge in [0.1, 0.15) is 11.4 Å². The fourth-order valence-electron chi connectivity index (χ4n) is 2.41. The molecule has 3 aromatic rings. The van der Waals surface area contributed by atoms with Gasteiger partial charge in [-0.05, 0) is 25.0 Å². The number of aromatic nitrogens is 7. The molecule has 0 saturated carbocycles. The standard InChI is InChI=1S/C17H23N7/c1-3-5-10-23-12-16(19-21-23)14-8-7-9-15(18-14)17-13-24(22-20-17)11-6-4-2/h7-9,12-13H,3-6,10-11H2,1-2H3. The second-order valence-corrected chi connectivity index (χ2v) is 5.85. The fourth-order valence-corrected chi connectivity index (χ4v) is 2.41. The molecule has 0 amide bonds. The highest BCUT2D eigenvalue weighted by atomic mass is 15.4. The molecule has 0 aliphatic carbocycles. The van der Waals surface area contributed by atoms with Crippen LogP contribution in [0.15, 0.2) is 30.6 Å². The molecule has 3 heterocycles. The summed E-state index contributed by atoms with van der Waals surface area (Å²) in [6.07, 6.45) is 8.35. The van der Waals surface area contributed by atoms with Crippen molar-refractivity contribution in [3.63, 3.8) is 0 Å². The fraction of sp³-hybridized carbons (Fsp3) is 0.471. The van der Waals surface area contributed by atoms with Gasteiger partial charge in [-0.3, -0.25) is 9.36 Å². The summed E-state index contributed by atoms with van der Waals surface area (Å²) in [7, 11) is 0. The zero-order valence-corrected chi connectivity index (χ0v) is 14.3. The SMILES string of the molecule is CCCCn1cc(-c2cccc(-c3cn(CCCC)nn3)n2)nn1. The van der Waals surface area contributed by atoms with E-state index in [0.29, 0.717) is 0 Å². The van der Waals surface area contributed by atoms with Crippen molar-refractivity contribution in [3.05, 3.63) is 30.6 Å². The third-order valence-electron chi connectivity index (χ3n) is 3.83. The molecule has 0 saturated heterocycles. The van der Waals surface area contributed by atoms with Gasteiger partial charge >= 0.3 is 0 Å². The lowest BCUT2D eigenvalue weighted by Gasteiger charge is -1.99.